The van der Waals surface area contributed by atoms with E-state index in [1.54, 1.807) is 23.1 Å². The SMILES string of the molecule is O=C(Nc1nnc(-c2cccc(Cl)c2)s1)C1CCCN1C(=O)c1cccs1. The van der Waals surface area contributed by atoms with Gasteiger partial charge < -0.3 is 4.90 Å². The Morgan fingerprint density at radius 1 is 1.22 bits per heavy atom. The van der Waals surface area contributed by atoms with E-state index >= 15 is 0 Å². The van der Waals surface area contributed by atoms with Crippen molar-refractivity contribution < 1.29 is 9.59 Å². The highest BCUT2D eigenvalue weighted by atomic mass is 35.5. The number of hydrogen-bond donors (Lipinski definition) is 1. The molecule has 9 heteroatoms. The highest BCUT2D eigenvalue weighted by Crippen LogP contribution is 2.29. The summed E-state index contributed by atoms with van der Waals surface area (Å²) in [7, 11) is 0. The molecule has 1 unspecified atom stereocenters. The number of hydrogen-bond acceptors (Lipinski definition) is 6. The van der Waals surface area contributed by atoms with E-state index in [4.69, 9.17) is 11.6 Å². The summed E-state index contributed by atoms with van der Waals surface area (Å²) in [4.78, 5) is 27.6. The van der Waals surface area contributed by atoms with Gasteiger partial charge in [-0.25, -0.2) is 0 Å². The van der Waals surface area contributed by atoms with Crippen LogP contribution in [0.4, 0.5) is 5.13 Å². The number of nitrogens with zero attached hydrogens (tertiary/aromatic N) is 3. The molecule has 2 aromatic heterocycles. The zero-order valence-corrected chi connectivity index (χ0v) is 16.5. The monoisotopic (exact) mass is 418 g/mol. The van der Waals surface area contributed by atoms with Gasteiger partial charge in [0, 0.05) is 17.1 Å². The molecule has 6 nitrogen and oxygen atoms in total. The highest BCUT2D eigenvalue weighted by molar-refractivity contribution is 7.18. The molecule has 0 aliphatic carbocycles. The van der Waals surface area contributed by atoms with E-state index in [2.05, 4.69) is 15.5 Å². The highest BCUT2D eigenvalue weighted by Gasteiger charge is 2.35. The average molecular weight is 419 g/mol. The van der Waals surface area contributed by atoms with E-state index in [9.17, 15) is 9.59 Å². The van der Waals surface area contributed by atoms with Gasteiger partial charge in [-0.3, -0.25) is 14.9 Å². The summed E-state index contributed by atoms with van der Waals surface area (Å²) in [6.07, 6.45) is 1.45. The van der Waals surface area contributed by atoms with E-state index in [1.807, 2.05) is 23.6 Å². The number of thiophene rings is 1. The quantitative estimate of drug-likeness (QED) is 0.690. The number of carbonyl (C=O) groups excluding carboxylic acids is 2. The Hall–Kier alpha value is -2.29. The van der Waals surface area contributed by atoms with Gasteiger partial charge in [0.05, 0.1) is 4.88 Å². The maximum absolute atomic E-state index is 12.7. The lowest BCUT2D eigenvalue weighted by atomic mass is 10.2. The van der Waals surface area contributed by atoms with Crippen LogP contribution >= 0.6 is 34.3 Å². The smallest absolute Gasteiger partial charge is 0.264 e. The molecule has 1 N–H and O–H groups in total. The molecular formula is C18H15ClN4O2S2. The van der Waals surface area contributed by atoms with Crippen LogP contribution in [-0.2, 0) is 4.79 Å². The molecule has 138 valence electrons. The van der Waals surface area contributed by atoms with E-state index in [-0.39, 0.29) is 11.8 Å². The molecule has 1 atom stereocenters. The van der Waals surface area contributed by atoms with Crippen LogP contribution in [0, 0.1) is 0 Å². The summed E-state index contributed by atoms with van der Waals surface area (Å²) in [5.41, 5.74) is 0.843. The van der Waals surface area contributed by atoms with Crippen LogP contribution in [0.25, 0.3) is 10.6 Å². The largest absolute Gasteiger partial charge is 0.326 e. The van der Waals surface area contributed by atoms with E-state index in [0.29, 0.717) is 33.0 Å². The minimum Gasteiger partial charge on any atom is -0.326 e. The van der Waals surface area contributed by atoms with Crippen LogP contribution in [-0.4, -0.2) is 39.5 Å². The minimum atomic E-state index is -0.488. The molecule has 1 saturated heterocycles. The van der Waals surface area contributed by atoms with Crippen molar-refractivity contribution >= 4 is 51.2 Å². The van der Waals surface area contributed by atoms with Gasteiger partial charge in [0.2, 0.25) is 11.0 Å². The first-order chi connectivity index (χ1) is 13.1. The van der Waals surface area contributed by atoms with Gasteiger partial charge in [-0.15, -0.1) is 21.5 Å². The van der Waals surface area contributed by atoms with Crippen molar-refractivity contribution in [3.05, 3.63) is 51.7 Å². The van der Waals surface area contributed by atoms with Crippen LogP contribution < -0.4 is 5.32 Å². The molecule has 3 heterocycles. The van der Waals surface area contributed by atoms with Crippen LogP contribution in [0.1, 0.15) is 22.5 Å². The van der Waals surface area contributed by atoms with Gasteiger partial charge in [-0.2, -0.15) is 0 Å². The number of nitrogens with one attached hydrogen (secondary N) is 1. The Morgan fingerprint density at radius 2 is 2.11 bits per heavy atom. The zero-order chi connectivity index (χ0) is 18.8. The number of carbonyl (C=O) groups is 2. The summed E-state index contributed by atoms with van der Waals surface area (Å²) in [6, 6.07) is 10.4. The van der Waals surface area contributed by atoms with Gasteiger partial charge >= 0.3 is 0 Å². The fraction of sp³-hybridized carbons (Fsp3) is 0.222. The Labute approximate surface area is 168 Å². The zero-order valence-electron chi connectivity index (χ0n) is 14.1. The lowest BCUT2D eigenvalue weighted by molar-refractivity contribution is -0.119. The van der Waals surface area contributed by atoms with Gasteiger partial charge in [0.25, 0.3) is 5.91 Å². The number of anilines is 1. The maximum Gasteiger partial charge on any atom is 0.264 e. The molecule has 0 bridgehead atoms. The minimum absolute atomic E-state index is 0.0977. The average Bonchev–Trinajstić information content (AvgIpc) is 3.41. The summed E-state index contributed by atoms with van der Waals surface area (Å²) < 4.78 is 0. The van der Waals surface area contributed by atoms with Crippen LogP contribution in [0.3, 0.4) is 0 Å². The number of likely N-dealkylation sites (tertiary alicyclic amines) is 1. The lowest BCUT2D eigenvalue weighted by Crippen LogP contribution is -2.42. The molecule has 2 amide bonds. The second-order valence-corrected chi connectivity index (χ2v) is 8.41. The molecular weight excluding hydrogens is 404 g/mol. The Morgan fingerprint density at radius 3 is 2.89 bits per heavy atom. The number of aromatic nitrogens is 2. The normalized spacial score (nSPS) is 16.5. The van der Waals surface area contributed by atoms with Crippen LogP contribution in [0.15, 0.2) is 41.8 Å². The third kappa shape index (κ3) is 3.87. The molecule has 1 fully saturated rings. The van der Waals surface area contributed by atoms with Gasteiger partial charge in [-0.05, 0) is 36.4 Å². The Kier molecular flexibility index (Phi) is 5.20. The number of halogens is 1. The first-order valence-electron chi connectivity index (χ1n) is 8.36. The summed E-state index contributed by atoms with van der Waals surface area (Å²) in [6.45, 7) is 0.582. The van der Waals surface area contributed by atoms with Gasteiger partial charge in [0.15, 0.2) is 0 Å². The Balaban J connectivity index is 1.46. The third-order valence-corrected chi connectivity index (χ3v) is 6.26. The Bertz CT molecular complexity index is 973. The second-order valence-electron chi connectivity index (χ2n) is 6.05. The number of benzene rings is 1. The van der Waals surface area contributed by atoms with Crippen molar-refractivity contribution in [3.8, 4) is 10.6 Å². The van der Waals surface area contributed by atoms with Crippen LogP contribution in [0.5, 0.6) is 0 Å². The molecule has 3 aromatic rings. The lowest BCUT2D eigenvalue weighted by Gasteiger charge is -2.22. The van der Waals surface area contributed by atoms with Gasteiger partial charge in [-0.1, -0.05) is 41.1 Å². The first-order valence-corrected chi connectivity index (χ1v) is 10.4. The van der Waals surface area contributed by atoms with Crippen molar-refractivity contribution in [2.45, 2.75) is 18.9 Å². The van der Waals surface area contributed by atoms with Crippen LogP contribution in [0.2, 0.25) is 5.02 Å². The van der Waals surface area contributed by atoms with Crippen molar-refractivity contribution in [2.24, 2.45) is 0 Å². The molecule has 27 heavy (non-hydrogen) atoms. The molecule has 1 aliphatic heterocycles. The fourth-order valence-corrected chi connectivity index (χ4v) is 4.64. The van der Waals surface area contributed by atoms with Crippen molar-refractivity contribution in [1.82, 2.24) is 15.1 Å². The van der Waals surface area contributed by atoms with Crippen molar-refractivity contribution in [1.29, 1.82) is 0 Å². The molecule has 0 spiro atoms. The maximum atomic E-state index is 12.7. The predicted octanol–water partition coefficient (Wildman–Crippen LogP) is 4.16. The molecule has 1 aromatic carbocycles. The van der Waals surface area contributed by atoms with E-state index in [1.165, 1.54) is 22.7 Å². The molecule has 0 saturated carbocycles. The molecule has 1 aliphatic rings. The summed E-state index contributed by atoms with van der Waals surface area (Å²) >= 11 is 8.67. The van der Waals surface area contributed by atoms with Crippen molar-refractivity contribution in [3.63, 3.8) is 0 Å². The summed E-state index contributed by atoms with van der Waals surface area (Å²) in [5, 5.41) is 14.5. The first kappa shape index (κ1) is 18.1. The standard InChI is InChI=1S/C18H15ClN4O2S2/c19-12-5-1-4-11(10-12)16-21-22-18(27-16)20-15(24)13-6-2-8-23(13)17(25)14-7-3-9-26-14/h1,3-5,7,9-10,13H,2,6,8H2,(H,20,22,24). The fourth-order valence-electron chi connectivity index (χ4n) is 3.02. The third-order valence-electron chi connectivity index (χ3n) is 4.27. The van der Waals surface area contributed by atoms with Gasteiger partial charge in [0.1, 0.15) is 11.0 Å². The number of rotatable bonds is 4. The topological polar surface area (TPSA) is 75.2 Å². The number of amides is 2. The summed E-state index contributed by atoms with van der Waals surface area (Å²) in [5.74, 6) is -0.328. The molecule has 4 rings (SSSR count). The van der Waals surface area contributed by atoms with E-state index < -0.39 is 6.04 Å². The van der Waals surface area contributed by atoms with E-state index in [0.717, 1.165) is 12.0 Å². The molecule has 0 radical (unpaired) electrons. The predicted molar refractivity (Wildman–Crippen MR) is 107 cm³/mol. The second kappa shape index (κ2) is 7.75. The van der Waals surface area contributed by atoms with Crippen molar-refractivity contribution in [2.75, 3.05) is 11.9 Å².